The molecule has 0 saturated carbocycles. The minimum atomic E-state index is -0.288. The number of hydrogen-bond acceptors (Lipinski definition) is 2. The summed E-state index contributed by atoms with van der Waals surface area (Å²) in [5.74, 6) is 0.333. The molecule has 0 heterocycles. The van der Waals surface area contributed by atoms with Crippen LogP contribution in [0.3, 0.4) is 0 Å². The molecule has 4 nitrogen and oxygen atoms in total. The maximum absolute atomic E-state index is 12.7. The van der Waals surface area contributed by atoms with Crippen LogP contribution in [0, 0.1) is 12.7 Å². The number of carbonyl (C=O) groups excluding carboxylic acids is 1. The van der Waals surface area contributed by atoms with Crippen molar-refractivity contribution in [3.8, 4) is 5.75 Å². The summed E-state index contributed by atoms with van der Waals surface area (Å²) < 4.78 is 18.2. The lowest BCUT2D eigenvalue weighted by Gasteiger charge is -2.10. The lowest BCUT2D eigenvalue weighted by molar-refractivity contribution is 0.238. The fourth-order valence-electron chi connectivity index (χ4n) is 2.04. The van der Waals surface area contributed by atoms with Gasteiger partial charge in [-0.1, -0.05) is 24.3 Å². The van der Waals surface area contributed by atoms with Crippen LogP contribution in [0.1, 0.15) is 17.5 Å². The van der Waals surface area contributed by atoms with Crippen LogP contribution in [0.15, 0.2) is 48.5 Å². The Morgan fingerprint density at radius 3 is 2.57 bits per heavy atom. The van der Waals surface area contributed by atoms with Gasteiger partial charge in [-0.2, -0.15) is 0 Å². The van der Waals surface area contributed by atoms with Crippen LogP contribution in [0.4, 0.5) is 9.18 Å². The first-order valence-corrected chi connectivity index (χ1v) is 7.60. The van der Waals surface area contributed by atoms with Crippen LogP contribution in [0.5, 0.6) is 5.75 Å². The average Bonchev–Trinajstić information content (AvgIpc) is 2.55. The monoisotopic (exact) mass is 316 g/mol. The van der Waals surface area contributed by atoms with Crippen LogP contribution in [0.25, 0.3) is 0 Å². The number of nitrogens with one attached hydrogen (secondary N) is 2. The summed E-state index contributed by atoms with van der Waals surface area (Å²) in [6.45, 7) is 3.50. The van der Waals surface area contributed by atoms with Crippen LogP contribution >= 0.6 is 0 Å². The van der Waals surface area contributed by atoms with Crippen LogP contribution in [0.2, 0.25) is 0 Å². The van der Waals surface area contributed by atoms with E-state index in [0.717, 1.165) is 11.1 Å². The van der Waals surface area contributed by atoms with Gasteiger partial charge in [0, 0.05) is 13.1 Å². The van der Waals surface area contributed by atoms with E-state index in [4.69, 9.17) is 4.74 Å². The third-order valence-corrected chi connectivity index (χ3v) is 3.39. The Morgan fingerprint density at radius 1 is 1.09 bits per heavy atom. The predicted molar refractivity (Wildman–Crippen MR) is 87.9 cm³/mol. The van der Waals surface area contributed by atoms with Crippen molar-refractivity contribution in [3.63, 3.8) is 0 Å². The highest BCUT2D eigenvalue weighted by molar-refractivity contribution is 5.73. The topological polar surface area (TPSA) is 50.4 Å². The molecule has 0 aromatic heterocycles. The number of amides is 2. The fraction of sp³-hybridized carbons (Fsp3) is 0.278. The lowest BCUT2D eigenvalue weighted by Crippen LogP contribution is -2.36. The zero-order valence-corrected chi connectivity index (χ0v) is 13.1. The van der Waals surface area contributed by atoms with Gasteiger partial charge in [0.1, 0.15) is 11.6 Å². The SMILES string of the molecule is Cc1ccccc1CNC(=O)NCCCOc1ccc(F)cc1. The third-order valence-electron chi connectivity index (χ3n) is 3.39. The number of rotatable bonds is 7. The zero-order valence-electron chi connectivity index (χ0n) is 13.1. The second-order valence-electron chi connectivity index (χ2n) is 5.19. The molecule has 0 spiro atoms. The summed E-state index contributed by atoms with van der Waals surface area (Å²) >= 11 is 0. The second-order valence-corrected chi connectivity index (χ2v) is 5.19. The first kappa shape index (κ1) is 16.8. The number of carbonyl (C=O) groups is 1. The van der Waals surface area contributed by atoms with Gasteiger partial charge in [0.2, 0.25) is 0 Å². The molecular weight excluding hydrogens is 295 g/mol. The normalized spacial score (nSPS) is 10.2. The molecule has 0 aliphatic rings. The van der Waals surface area contributed by atoms with Crippen LogP contribution in [-0.4, -0.2) is 19.2 Å². The van der Waals surface area contributed by atoms with Gasteiger partial charge in [0.05, 0.1) is 6.61 Å². The molecule has 0 aliphatic heterocycles. The Kier molecular flexibility index (Phi) is 6.41. The first-order valence-electron chi connectivity index (χ1n) is 7.60. The molecule has 5 heteroatoms. The van der Waals surface area contributed by atoms with E-state index in [9.17, 15) is 9.18 Å². The molecule has 0 radical (unpaired) electrons. The predicted octanol–water partition coefficient (Wildman–Crippen LogP) is 3.40. The van der Waals surface area contributed by atoms with E-state index in [-0.39, 0.29) is 11.8 Å². The smallest absolute Gasteiger partial charge is 0.315 e. The van der Waals surface area contributed by atoms with Gasteiger partial charge in [-0.15, -0.1) is 0 Å². The largest absolute Gasteiger partial charge is 0.494 e. The van der Waals surface area contributed by atoms with Crippen molar-refractivity contribution in [1.29, 1.82) is 0 Å². The van der Waals surface area contributed by atoms with E-state index >= 15 is 0 Å². The van der Waals surface area contributed by atoms with Gasteiger partial charge in [-0.05, 0) is 48.7 Å². The highest BCUT2D eigenvalue weighted by Crippen LogP contribution is 2.11. The first-order chi connectivity index (χ1) is 11.1. The Hall–Kier alpha value is -2.56. The highest BCUT2D eigenvalue weighted by Gasteiger charge is 2.02. The van der Waals surface area contributed by atoms with Crippen molar-refractivity contribution in [1.82, 2.24) is 10.6 Å². The highest BCUT2D eigenvalue weighted by atomic mass is 19.1. The minimum absolute atomic E-state index is 0.199. The average molecular weight is 316 g/mol. The molecule has 0 fully saturated rings. The summed E-state index contributed by atoms with van der Waals surface area (Å²) in [5, 5.41) is 5.60. The van der Waals surface area contributed by atoms with Gasteiger partial charge in [0.25, 0.3) is 0 Å². The number of benzene rings is 2. The lowest BCUT2D eigenvalue weighted by atomic mass is 10.1. The molecule has 0 bridgehead atoms. The van der Waals surface area contributed by atoms with Gasteiger partial charge >= 0.3 is 6.03 Å². The summed E-state index contributed by atoms with van der Waals surface area (Å²) in [6, 6.07) is 13.6. The standard InChI is InChI=1S/C18H21FN2O2/c1-14-5-2-3-6-15(14)13-21-18(22)20-11-4-12-23-17-9-7-16(19)8-10-17/h2-3,5-10H,4,11-13H2,1H3,(H2,20,21,22). The van der Waals surface area contributed by atoms with E-state index in [1.807, 2.05) is 31.2 Å². The maximum Gasteiger partial charge on any atom is 0.315 e. The zero-order chi connectivity index (χ0) is 16.5. The summed E-state index contributed by atoms with van der Waals surface area (Å²) in [4.78, 5) is 11.7. The van der Waals surface area contributed by atoms with E-state index < -0.39 is 0 Å². The van der Waals surface area contributed by atoms with Crippen molar-refractivity contribution < 1.29 is 13.9 Å². The van der Waals surface area contributed by atoms with Crippen molar-refractivity contribution in [2.75, 3.05) is 13.2 Å². The molecule has 2 rings (SSSR count). The summed E-state index contributed by atoms with van der Waals surface area (Å²) in [7, 11) is 0. The third kappa shape index (κ3) is 5.98. The molecule has 0 saturated heterocycles. The maximum atomic E-state index is 12.7. The van der Waals surface area contributed by atoms with E-state index in [0.29, 0.717) is 31.9 Å². The van der Waals surface area contributed by atoms with Gasteiger partial charge in [-0.25, -0.2) is 9.18 Å². The van der Waals surface area contributed by atoms with Crippen molar-refractivity contribution in [2.45, 2.75) is 19.9 Å². The number of halogens is 1. The molecule has 2 N–H and O–H groups in total. The Labute approximate surface area is 135 Å². The number of urea groups is 1. The Morgan fingerprint density at radius 2 is 1.83 bits per heavy atom. The number of ether oxygens (including phenoxy) is 1. The quantitative estimate of drug-likeness (QED) is 0.769. The second kappa shape index (κ2) is 8.78. The summed E-state index contributed by atoms with van der Waals surface area (Å²) in [5.41, 5.74) is 2.25. The van der Waals surface area contributed by atoms with Gasteiger partial charge in [0.15, 0.2) is 0 Å². The molecule has 122 valence electrons. The van der Waals surface area contributed by atoms with Crippen molar-refractivity contribution in [3.05, 3.63) is 65.5 Å². The van der Waals surface area contributed by atoms with E-state index in [1.54, 1.807) is 12.1 Å². The molecule has 0 atom stereocenters. The molecular formula is C18H21FN2O2. The molecule has 23 heavy (non-hydrogen) atoms. The van der Waals surface area contributed by atoms with E-state index in [1.165, 1.54) is 12.1 Å². The Balaban J connectivity index is 1.58. The van der Waals surface area contributed by atoms with Gasteiger partial charge < -0.3 is 15.4 Å². The van der Waals surface area contributed by atoms with Gasteiger partial charge in [-0.3, -0.25) is 0 Å². The molecule has 0 aliphatic carbocycles. The molecule has 0 unspecified atom stereocenters. The molecule has 2 aromatic rings. The number of hydrogen-bond donors (Lipinski definition) is 2. The molecule has 2 amide bonds. The Bertz CT molecular complexity index is 629. The van der Waals surface area contributed by atoms with Crippen molar-refractivity contribution in [2.24, 2.45) is 0 Å². The summed E-state index contributed by atoms with van der Waals surface area (Å²) in [6.07, 6.45) is 0.676. The van der Waals surface area contributed by atoms with Crippen LogP contribution in [-0.2, 0) is 6.54 Å². The fourth-order valence-corrected chi connectivity index (χ4v) is 2.04. The number of aryl methyl sites for hydroxylation is 1. The van der Waals surface area contributed by atoms with Crippen LogP contribution < -0.4 is 15.4 Å². The minimum Gasteiger partial charge on any atom is -0.494 e. The molecule has 2 aromatic carbocycles. The van der Waals surface area contributed by atoms with E-state index in [2.05, 4.69) is 10.6 Å². The van der Waals surface area contributed by atoms with Crippen molar-refractivity contribution >= 4 is 6.03 Å².